The van der Waals surface area contributed by atoms with Gasteiger partial charge in [0.25, 0.3) is 5.91 Å². The van der Waals surface area contributed by atoms with Gasteiger partial charge in [-0.25, -0.2) is 4.79 Å². The van der Waals surface area contributed by atoms with Gasteiger partial charge in [0, 0.05) is 34.4 Å². The van der Waals surface area contributed by atoms with E-state index in [1.165, 1.54) is 0 Å². The Morgan fingerprint density at radius 3 is 2.74 bits per heavy atom. The molecule has 31 heavy (non-hydrogen) atoms. The van der Waals surface area contributed by atoms with Gasteiger partial charge in [0.1, 0.15) is 12.1 Å². The van der Waals surface area contributed by atoms with Crippen molar-refractivity contribution in [3.63, 3.8) is 0 Å². The summed E-state index contributed by atoms with van der Waals surface area (Å²) in [5, 5.41) is 8.91. The van der Waals surface area contributed by atoms with E-state index in [9.17, 15) is 14.4 Å². The zero-order chi connectivity index (χ0) is 21.4. The molecule has 0 unspecified atom stereocenters. The van der Waals surface area contributed by atoms with Crippen LogP contribution >= 0.6 is 11.3 Å². The number of hydrogen-bond acceptors (Lipinski definition) is 4. The summed E-state index contributed by atoms with van der Waals surface area (Å²) in [5.74, 6) is -0.624. The lowest BCUT2D eigenvalue weighted by Crippen LogP contribution is -2.45. The number of thiophene rings is 1. The quantitative estimate of drug-likeness (QED) is 0.517. The standard InChI is InChI=1S/C23H24N4O3S/c28-20(14-27-21(29)23(26-22(27)30)9-3-4-10-23)25-13-17(19-8-5-11-31-19)16-12-24-18-7-2-1-6-15(16)18/h1-2,5-8,11-12,17,24H,3-4,9-10,13-14H2,(H,25,28)(H,26,30)/t17-/m0/s1. The molecule has 1 aliphatic heterocycles. The average Bonchev–Trinajstić information content (AvgIpc) is 3.55. The highest BCUT2D eigenvalue weighted by Gasteiger charge is 2.52. The topological polar surface area (TPSA) is 94.3 Å². The van der Waals surface area contributed by atoms with Crippen LogP contribution in [-0.4, -0.2) is 46.4 Å². The van der Waals surface area contributed by atoms with Gasteiger partial charge in [0.05, 0.1) is 0 Å². The number of nitrogens with zero attached hydrogens (tertiary/aromatic N) is 1. The van der Waals surface area contributed by atoms with Crippen LogP contribution in [0, 0.1) is 0 Å². The molecular formula is C23H24N4O3S. The number of nitrogens with one attached hydrogen (secondary N) is 3. The molecule has 3 N–H and O–H groups in total. The summed E-state index contributed by atoms with van der Waals surface area (Å²) in [7, 11) is 0. The van der Waals surface area contributed by atoms with Crippen LogP contribution in [0.2, 0.25) is 0 Å². The lowest BCUT2D eigenvalue weighted by molar-refractivity contribution is -0.134. The van der Waals surface area contributed by atoms with E-state index >= 15 is 0 Å². The maximum Gasteiger partial charge on any atom is 0.325 e. The molecule has 1 aromatic carbocycles. The van der Waals surface area contributed by atoms with Crippen LogP contribution in [0.3, 0.4) is 0 Å². The summed E-state index contributed by atoms with van der Waals surface area (Å²) in [6, 6.07) is 11.7. The Morgan fingerprint density at radius 1 is 1.16 bits per heavy atom. The Morgan fingerprint density at radius 2 is 1.97 bits per heavy atom. The first-order chi connectivity index (χ1) is 15.1. The molecular weight excluding hydrogens is 412 g/mol. The number of amides is 4. The third-order valence-corrected chi connectivity index (χ3v) is 7.38. The molecule has 3 heterocycles. The molecule has 8 heteroatoms. The first-order valence-corrected chi connectivity index (χ1v) is 11.5. The number of benzene rings is 1. The third-order valence-electron chi connectivity index (χ3n) is 6.39. The number of fused-ring (bicyclic) bond motifs is 1. The van der Waals surface area contributed by atoms with Crippen molar-refractivity contribution in [1.82, 2.24) is 20.5 Å². The van der Waals surface area contributed by atoms with Gasteiger partial charge in [-0.05, 0) is 35.9 Å². The van der Waals surface area contributed by atoms with Gasteiger partial charge in [0.2, 0.25) is 5.91 Å². The highest BCUT2D eigenvalue weighted by molar-refractivity contribution is 7.10. The Kier molecular flexibility index (Phi) is 5.02. The van der Waals surface area contributed by atoms with E-state index in [0.717, 1.165) is 39.1 Å². The average molecular weight is 437 g/mol. The molecule has 2 fully saturated rings. The third kappa shape index (κ3) is 3.50. The largest absolute Gasteiger partial charge is 0.361 e. The fraction of sp³-hybridized carbons (Fsp3) is 0.348. The van der Waals surface area contributed by atoms with Crippen molar-refractivity contribution in [3.05, 3.63) is 58.4 Å². The van der Waals surface area contributed by atoms with Gasteiger partial charge in [-0.1, -0.05) is 37.1 Å². The van der Waals surface area contributed by atoms with E-state index in [1.54, 1.807) is 11.3 Å². The van der Waals surface area contributed by atoms with Gasteiger partial charge in [-0.3, -0.25) is 14.5 Å². The summed E-state index contributed by atoms with van der Waals surface area (Å²) in [6.45, 7) is 0.132. The second kappa shape index (κ2) is 7.85. The summed E-state index contributed by atoms with van der Waals surface area (Å²) in [6.07, 6.45) is 5.12. The molecule has 1 saturated heterocycles. The number of carbonyl (C=O) groups excluding carboxylic acids is 3. The van der Waals surface area contributed by atoms with Gasteiger partial charge in [0.15, 0.2) is 0 Å². The minimum Gasteiger partial charge on any atom is -0.361 e. The second-order valence-electron chi connectivity index (χ2n) is 8.27. The van der Waals surface area contributed by atoms with E-state index in [1.807, 2.05) is 35.8 Å². The number of rotatable bonds is 6. The van der Waals surface area contributed by atoms with Crippen LogP contribution in [0.15, 0.2) is 48.0 Å². The smallest absolute Gasteiger partial charge is 0.325 e. The van der Waals surface area contributed by atoms with Crippen molar-refractivity contribution in [2.45, 2.75) is 37.1 Å². The monoisotopic (exact) mass is 436 g/mol. The molecule has 1 spiro atoms. The number of para-hydroxylation sites is 1. The Balaban J connectivity index is 1.30. The lowest BCUT2D eigenvalue weighted by Gasteiger charge is -2.20. The number of carbonyl (C=O) groups is 3. The van der Waals surface area contributed by atoms with Crippen LogP contribution in [0.1, 0.15) is 42.0 Å². The van der Waals surface area contributed by atoms with Crippen LogP contribution in [0.5, 0.6) is 0 Å². The molecule has 5 rings (SSSR count). The molecule has 2 aromatic heterocycles. The minimum atomic E-state index is -0.791. The molecule has 3 aromatic rings. The zero-order valence-electron chi connectivity index (χ0n) is 17.0. The SMILES string of the molecule is O=C(CN1C(=O)NC2(CCCC2)C1=O)NC[C@H](c1cccs1)c1c[nH]c2ccccc12. The molecule has 0 radical (unpaired) electrons. The summed E-state index contributed by atoms with van der Waals surface area (Å²) >= 11 is 1.64. The van der Waals surface area contributed by atoms with Gasteiger partial charge in [-0.2, -0.15) is 0 Å². The van der Waals surface area contributed by atoms with Crippen molar-refractivity contribution >= 4 is 40.1 Å². The number of aromatic nitrogens is 1. The summed E-state index contributed by atoms with van der Waals surface area (Å²) in [4.78, 5) is 43.4. The molecule has 160 valence electrons. The predicted octanol–water partition coefficient (Wildman–Crippen LogP) is 3.34. The fourth-order valence-electron chi connectivity index (χ4n) is 4.79. The first kappa shape index (κ1) is 19.8. The normalized spacial score (nSPS) is 18.6. The molecule has 1 saturated carbocycles. The maximum atomic E-state index is 12.8. The van der Waals surface area contributed by atoms with Crippen molar-refractivity contribution < 1.29 is 14.4 Å². The first-order valence-electron chi connectivity index (χ1n) is 10.6. The van der Waals surface area contributed by atoms with Crippen LogP contribution in [0.4, 0.5) is 4.79 Å². The summed E-state index contributed by atoms with van der Waals surface area (Å²) in [5.41, 5.74) is 1.37. The van der Waals surface area contributed by atoms with Crippen LogP contribution < -0.4 is 10.6 Å². The number of hydrogen-bond donors (Lipinski definition) is 3. The van der Waals surface area contributed by atoms with E-state index in [2.05, 4.69) is 27.8 Å². The number of H-pyrrole nitrogens is 1. The molecule has 7 nitrogen and oxygen atoms in total. The lowest BCUT2D eigenvalue weighted by atomic mass is 9.96. The van der Waals surface area contributed by atoms with Gasteiger partial charge in [-0.15, -0.1) is 11.3 Å². The van der Waals surface area contributed by atoms with Crippen LogP contribution in [-0.2, 0) is 9.59 Å². The summed E-state index contributed by atoms with van der Waals surface area (Å²) < 4.78 is 0. The van der Waals surface area contributed by atoms with E-state index in [4.69, 9.17) is 0 Å². The highest BCUT2D eigenvalue weighted by Crippen LogP contribution is 2.35. The zero-order valence-corrected chi connectivity index (χ0v) is 17.8. The van der Waals surface area contributed by atoms with E-state index in [-0.39, 0.29) is 24.3 Å². The predicted molar refractivity (Wildman–Crippen MR) is 119 cm³/mol. The molecule has 1 aliphatic carbocycles. The fourth-order valence-corrected chi connectivity index (χ4v) is 5.63. The molecule has 2 aliphatic rings. The number of imide groups is 1. The van der Waals surface area contributed by atoms with Crippen LogP contribution in [0.25, 0.3) is 10.9 Å². The molecule has 0 bridgehead atoms. The van der Waals surface area contributed by atoms with Crippen molar-refractivity contribution in [1.29, 1.82) is 0 Å². The molecule has 1 atom stereocenters. The van der Waals surface area contributed by atoms with Crippen molar-refractivity contribution in [3.8, 4) is 0 Å². The van der Waals surface area contributed by atoms with Crippen molar-refractivity contribution in [2.24, 2.45) is 0 Å². The Bertz CT molecular complexity index is 1130. The van der Waals surface area contributed by atoms with Gasteiger partial charge >= 0.3 is 6.03 Å². The number of urea groups is 1. The van der Waals surface area contributed by atoms with E-state index in [0.29, 0.717) is 19.4 Å². The van der Waals surface area contributed by atoms with Gasteiger partial charge < -0.3 is 15.6 Å². The van der Waals surface area contributed by atoms with Crippen molar-refractivity contribution in [2.75, 3.05) is 13.1 Å². The molecule has 4 amide bonds. The van der Waals surface area contributed by atoms with E-state index < -0.39 is 11.6 Å². The number of aromatic amines is 1. The Labute approximate surface area is 183 Å². The maximum absolute atomic E-state index is 12.8. The minimum absolute atomic E-state index is 0.0237. The Hall–Kier alpha value is -3.13. The highest BCUT2D eigenvalue weighted by atomic mass is 32.1. The second-order valence-corrected chi connectivity index (χ2v) is 9.25.